The summed E-state index contributed by atoms with van der Waals surface area (Å²) >= 11 is 3.36. The number of fused-ring (bicyclic) bond motifs is 1. The monoisotopic (exact) mass is 376 g/mol. The van der Waals surface area contributed by atoms with Gasteiger partial charge in [0.05, 0.1) is 0 Å². The maximum atomic E-state index is 11.9. The van der Waals surface area contributed by atoms with Crippen LogP contribution in [0.3, 0.4) is 0 Å². The van der Waals surface area contributed by atoms with E-state index in [2.05, 4.69) is 26.6 Å². The van der Waals surface area contributed by atoms with Gasteiger partial charge < -0.3 is 20.1 Å². The van der Waals surface area contributed by atoms with Crippen molar-refractivity contribution in [1.29, 1.82) is 0 Å². The second-order valence-electron chi connectivity index (χ2n) is 5.09. The first-order chi connectivity index (χ1) is 11.2. The summed E-state index contributed by atoms with van der Waals surface area (Å²) in [6, 6.07) is 13.2. The molecule has 1 heterocycles. The van der Waals surface area contributed by atoms with Crippen molar-refractivity contribution in [1.82, 2.24) is 0 Å². The summed E-state index contributed by atoms with van der Waals surface area (Å²) in [5, 5.41) is 6.08. The molecule has 0 aromatic heterocycles. The molecule has 1 amide bonds. The van der Waals surface area contributed by atoms with Crippen molar-refractivity contribution in [3.63, 3.8) is 0 Å². The van der Waals surface area contributed by atoms with Crippen LogP contribution in [0.25, 0.3) is 0 Å². The van der Waals surface area contributed by atoms with Gasteiger partial charge in [-0.1, -0.05) is 15.9 Å². The molecule has 5 nitrogen and oxygen atoms in total. The van der Waals surface area contributed by atoms with Crippen molar-refractivity contribution in [2.45, 2.75) is 6.42 Å². The van der Waals surface area contributed by atoms with Crippen molar-refractivity contribution < 1.29 is 14.3 Å². The van der Waals surface area contributed by atoms with E-state index in [9.17, 15) is 4.79 Å². The average molecular weight is 377 g/mol. The minimum Gasteiger partial charge on any atom is -0.486 e. The number of anilines is 2. The van der Waals surface area contributed by atoms with Crippen LogP contribution < -0.4 is 20.1 Å². The zero-order chi connectivity index (χ0) is 16.1. The van der Waals surface area contributed by atoms with E-state index in [-0.39, 0.29) is 5.91 Å². The molecule has 1 aliphatic rings. The van der Waals surface area contributed by atoms with Gasteiger partial charge >= 0.3 is 0 Å². The molecule has 6 heteroatoms. The van der Waals surface area contributed by atoms with E-state index in [0.29, 0.717) is 26.2 Å². The molecule has 0 atom stereocenters. The average Bonchev–Trinajstić information content (AvgIpc) is 2.57. The lowest BCUT2D eigenvalue weighted by Gasteiger charge is -2.19. The van der Waals surface area contributed by atoms with Crippen LogP contribution in [0.1, 0.15) is 6.42 Å². The third-order valence-electron chi connectivity index (χ3n) is 3.35. The highest BCUT2D eigenvalue weighted by atomic mass is 79.9. The maximum absolute atomic E-state index is 11.9. The largest absolute Gasteiger partial charge is 0.486 e. The predicted octanol–water partition coefficient (Wildman–Crippen LogP) is 3.66. The van der Waals surface area contributed by atoms with E-state index in [4.69, 9.17) is 9.47 Å². The Morgan fingerprint density at radius 1 is 1.00 bits per heavy atom. The number of benzene rings is 2. The van der Waals surface area contributed by atoms with Crippen molar-refractivity contribution in [2.24, 2.45) is 0 Å². The number of carbonyl (C=O) groups is 1. The van der Waals surface area contributed by atoms with Gasteiger partial charge in [0.2, 0.25) is 5.91 Å². The fourth-order valence-electron chi connectivity index (χ4n) is 2.23. The van der Waals surface area contributed by atoms with Gasteiger partial charge in [-0.3, -0.25) is 4.79 Å². The van der Waals surface area contributed by atoms with Crippen LogP contribution in [0.4, 0.5) is 11.4 Å². The standard InChI is InChI=1S/C17H17BrN2O3/c18-12-1-3-13(4-2-12)20-17(21)7-8-19-14-5-6-15-16(11-14)23-10-9-22-15/h1-6,11,19H,7-10H2,(H,20,21). The van der Waals surface area contributed by atoms with Crippen LogP contribution in [0.2, 0.25) is 0 Å². The molecule has 0 aliphatic carbocycles. The van der Waals surface area contributed by atoms with Crippen molar-refractivity contribution in [3.8, 4) is 11.5 Å². The van der Waals surface area contributed by atoms with Crippen LogP contribution in [-0.2, 0) is 4.79 Å². The maximum Gasteiger partial charge on any atom is 0.226 e. The van der Waals surface area contributed by atoms with Crippen molar-refractivity contribution in [2.75, 3.05) is 30.4 Å². The first-order valence-corrected chi connectivity index (χ1v) is 8.19. The van der Waals surface area contributed by atoms with Crippen LogP contribution in [0.5, 0.6) is 11.5 Å². The molecular formula is C17H17BrN2O3. The molecule has 0 unspecified atom stereocenters. The Bertz CT molecular complexity index is 689. The van der Waals surface area contributed by atoms with E-state index >= 15 is 0 Å². The molecule has 0 radical (unpaired) electrons. The van der Waals surface area contributed by atoms with E-state index in [1.54, 1.807) is 0 Å². The number of halogens is 1. The topological polar surface area (TPSA) is 59.6 Å². The van der Waals surface area contributed by atoms with Gasteiger partial charge in [0.25, 0.3) is 0 Å². The highest BCUT2D eigenvalue weighted by molar-refractivity contribution is 9.10. The number of amides is 1. The predicted molar refractivity (Wildman–Crippen MR) is 93.3 cm³/mol. The smallest absolute Gasteiger partial charge is 0.226 e. The number of hydrogen-bond donors (Lipinski definition) is 2. The first kappa shape index (κ1) is 15.7. The van der Waals surface area contributed by atoms with Crippen molar-refractivity contribution >= 4 is 33.2 Å². The Morgan fingerprint density at radius 3 is 2.48 bits per heavy atom. The van der Waals surface area contributed by atoms with E-state index in [1.165, 1.54) is 0 Å². The number of rotatable bonds is 5. The number of carbonyl (C=O) groups excluding carboxylic acids is 1. The second kappa shape index (κ2) is 7.37. The number of hydrogen-bond acceptors (Lipinski definition) is 4. The third kappa shape index (κ3) is 4.39. The SMILES string of the molecule is O=C(CCNc1ccc2c(c1)OCCO2)Nc1ccc(Br)cc1. The fraction of sp³-hybridized carbons (Fsp3) is 0.235. The third-order valence-corrected chi connectivity index (χ3v) is 3.88. The molecule has 2 N–H and O–H groups in total. The number of ether oxygens (including phenoxy) is 2. The van der Waals surface area contributed by atoms with Gasteiger partial charge in [-0.15, -0.1) is 0 Å². The summed E-state index contributed by atoms with van der Waals surface area (Å²) in [6.07, 6.45) is 0.379. The lowest BCUT2D eigenvalue weighted by molar-refractivity contribution is -0.115. The lowest BCUT2D eigenvalue weighted by Crippen LogP contribution is -2.17. The molecule has 0 spiro atoms. The lowest BCUT2D eigenvalue weighted by atomic mass is 10.2. The molecule has 120 valence electrons. The molecule has 0 fully saturated rings. The highest BCUT2D eigenvalue weighted by Gasteiger charge is 2.11. The fourth-order valence-corrected chi connectivity index (χ4v) is 2.49. The molecule has 3 rings (SSSR count). The Hall–Kier alpha value is -2.21. The molecule has 0 bridgehead atoms. The molecule has 2 aromatic carbocycles. The Balaban J connectivity index is 1.47. The van der Waals surface area contributed by atoms with Crippen LogP contribution >= 0.6 is 15.9 Å². The van der Waals surface area contributed by atoms with Gasteiger partial charge in [0.1, 0.15) is 13.2 Å². The molecule has 0 saturated heterocycles. The minimum absolute atomic E-state index is 0.0302. The molecule has 1 aliphatic heterocycles. The normalized spacial score (nSPS) is 12.6. The summed E-state index contributed by atoms with van der Waals surface area (Å²) in [6.45, 7) is 1.68. The zero-order valence-corrected chi connectivity index (χ0v) is 14.1. The Morgan fingerprint density at radius 2 is 1.70 bits per heavy atom. The summed E-state index contributed by atoms with van der Waals surface area (Å²) in [7, 11) is 0. The molecule has 2 aromatic rings. The number of nitrogens with one attached hydrogen (secondary N) is 2. The van der Waals surface area contributed by atoms with E-state index in [1.807, 2.05) is 42.5 Å². The summed E-state index contributed by atoms with van der Waals surface area (Å²) in [4.78, 5) is 11.9. The minimum atomic E-state index is -0.0302. The van der Waals surface area contributed by atoms with E-state index < -0.39 is 0 Å². The summed E-state index contributed by atoms with van der Waals surface area (Å²) in [5.41, 5.74) is 1.70. The second-order valence-corrected chi connectivity index (χ2v) is 6.01. The molecular weight excluding hydrogens is 360 g/mol. The van der Waals surface area contributed by atoms with Gasteiger partial charge in [0.15, 0.2) is 11.5 Å². The first-order valence-electron chi connectivity index (χ1n) is 7.40. The van der Waals surface area contributed by atoms with Crippen LogP contribution in [-0.4, -0.2) is 25.7 Å². The van der Waals surface area contributed by atoms with Gasteiger partial charge in [0, 0.05) is 34.9 Å². The quantitative estimate of drug-likeness (QED) is 0.835. The summed E-state index contributed by atoms with van der Waals surface area (Å²) in [5.74, 6) is 1.47. The van der Waals surface area contributed by atoms with Gasteiger partial charge in [-0.2, -0.15) is 0 Å². The van der Waals surface area contributed by atoms with E-state index in [0.717, 1.165) is 27.3 Å². The Kier molecular flexibility index (Phi) is 5.02. The molecule has 23 heavy (non-hydrogen) atoms. The van der Waals surface area contributed by atoms with Crippen molar-refractivity contribution in [3.05, 3.63) is 46.9 Å². The van der Waals surface area contributed by atoms with Gasteiger partial charge in [-0.25, -0.2) is 0 Å². The highest BCUT2D eigenvalue weighted by Crippen LogP contribution is 2.32. The van der Waals surface area contributed by atoms with Crippen LogP contribution in [0, 0.1) is 0 Å². The Labute approximate surface area is 143 Å². The van der Waals surface area contributed by atoms with Gasteiger partial charge in [-0.05, 0) is 36.4 Å². The van der Waals surface area contributed by atoms with Crippen LogP contribution in [0.15, 0.2) is 46.9 Å². The zero-order valence-electron chi connectivity index (χ0n) is 12.5. The molecule has 0 saturated carbocycles. The summed E-state index contributed by atoms with van der Waals surface area (Å²) < 4.78 is 12.0.